The lowest BCUT2D eigenvalue weighted by atomic mass is 10.0. The Morgan fingerprint density at radius 2 is 1.96 bits per heavy atom. The van der Waals surface area contributed by atoms with Crippen LogP contribution < -0.4 is 0 Å². The number of benzene rings is 1. The molecular formula is C20H16N4O3S. The minimum Gasteiger partial charge on any atom is -0.465 e. The minimum absolute atomic E-state index is 0.00557. The summed E-state index contributed by atoms with van der Waals surface area (Å²) in [5.74, 6) is -0.787. The van der Waals surface area contributed by atoms with Crippen molar-refractivity contribution in [3.05, 3.63) is 69.5 Å². The molecule has 140 valence electrons. The van der Waals surface area contributed by atoms with Crippen molar-refractivity contribution >= 4 is 29.4 Å². The van der Waals surface area contributed by atoms with Crippen molar-refractivity contribution < 1.29 is 14.3 Å². The van der Waals surface area contributed by atoms with Gasteiger partial charge in [-0.2, -0.15) is 5.26 Å². The molecule has 3 aromatic rings. The topological polar surface area (TPSA) is 97.9 Å². The maximum absolute atomic E-state index is 12.9. The second-order valence-corrected chi connectivity index (χ2v) is 6.60. The van der Waals surface area contributed by atoms with Gasteiger partial charge in [0.2, 0.25) is 5.78 Å². The van der Waals surface area contributed by atoms with Crippen LogP contribution in [0.1, 0.15) is 37.8 Å². The van der Waals surface area contributed by atoms with Gasteiger partial charge in [0, 0.05) is 28.0 Å². The fourth-order valence-electron chi connectivity index (χ4n) is 2.93. The van der Waals surface area contributed by atoms with Crippen molar-refractivity contribution in [2.24, 2.45) is 0 Å². The van der Waals surface area contributed by atoms with E-state index in [1.807, 2.05) is 24.5 Å². The molecule has 8 heteroatoms. The Morgan fingerprint density at radius 3 is 2.54 bits per heavy atom. The van der Waals surface area contributed by atoms with Crippen LogP contribution in [-0.2, 0) is 4.74 Å². The number of aryl methyl sites for hydroxylation is 1. The van der Waals surface area contributed by atoms with E-state index in [0.717, 1.165) is 22.9 Å². The van der Waals surface area contributed by atoms with Gasteiger partial charge in [-0.05, 0) is 61.8 Å². The summed E-state index contributed by atoms with van der Waals surface area (Å²) in [4.78, 5) is 24.5. The van der Waals surface area contributed by atoms with Gasteiger partial charge in [-0.1, -0.05) is 4.49 Å². The number of rotatable bonds is 5. The van der Waals surface area contributed by atoms with Crippen molar-refractivity contribution in [1.29, 1.82) is 5.26 Å². The lowest BCUT2D eigenvalue weighted by molar-refractivity contribution is 0.0600. The first-order valence-electron chi connectivity index (χ1n) is 8.27. The maximum Gasteiger partial charge on any atom is 0.337 e. The average molecular weight is 392 g/mol. The molecule has 2 heterocycles. The number of carbonyl (C=O) groups excluding carboxylic acids is 2. The summed E-state index contributed by atoms with van der Waals surface area (Å²) in [6.45, 7) is 3.69. The summed E-state index contributed by atoms with van der Waals surface area (Å²) in [7, 11) is 1.33. The second-order valence-electron chi connectivity index (χ2n) is 5.99. The smallest absolute Gasteiger partial charge is 0.337 e. The van der Waals surface area contributed by atoms with Crippen molar-refractivity contribution in [3.63, 3.8) is 0 Å². The Balaban J connectivity index is 1.99. The third-order valence-corrected chi connectivity index (χ3v) is 4.78. The van der Waals surface area contributed by atoms with Crippen LogP contribution in [0.2, 0.25) is 0 Å². The van der Waals surface area contributed by atoms with Gasteiger partial charge in [0.15, 0.2) is 0 Å². The summed E-state index contributed by atoms with van der Waals surface area (Å²) in [5.41, 5.74) is 3.68. The highest BCUT2D eigenvalue weighted by Gasteiger charge is 2.20. The number of carbonyl (C=O) groups is 2. The molecule has 0 saturated carbocycles. The number of allylic oxidation sites excluding steroid dienone is 1. The number of hydrogen-bond acceptors (Lipinski definition) is 7. The number of hydrogen-bond donors (Lipinski definition) is 0. The Bertz CT molecular complexity index is 1100. The number of ether oxygens (including phenoxy) is 1. The zero-order valence-corrected chi connectivity index (χ0v) is 16.3. The molecule has 0 atom stereocenters. The molecule has 7 nitrogen and oxygen atoms in total. The molecule has 0 amide bonds. The van der Waals surface area contributed by atoms with Gasteiger partial charge in [-0.3, -0.25) is 4.79 Å². The number of methoxy groups -OCH3 is 1. The summed E-state index contributed by atoms with van der Waals surface area (Å²) >= 11 is 1.15. The van der Waals surface area contributed by atoms with E-state index in [4.69, 9.17) is 4.74 Å². The van der Waals surface area contributed by atoms with Crippen LogP contribution in [0.5, 0.6) is 0 Å². The molecule has 0 fully saturated rings. The highest BCUT2D eigenvalue weighted by molar-refractivity contribution is 7.03. The molecule has 0 aliphatic carbocycles. The first kappa shape index (κ1) is 19.2. The van der Waals surface area contributed by atoms with Gasteiger partial charge in [0.05, 0.1) is 18.4 Å². The molecule has 0 radical (unpaired) electrons. The van der Waals surface area contributed by atoms with E-state index in [9.17, 15) is 14.9 Å². The lowest BCUT2D eigenvalue weighted by Crippen LogP contribution is -2.06. The van der Waals surface area contributed by atoms with Crippen molar-refractivity contribution in [2.75, 3.05) is 7.11 Å². The Hall–Kier alpha value is -3.57. The zero-order chi connectivity index (χ0) is 20.3. The molecule has 0 unspecified atom stereocenters. The number of Topliss-reactive ketones (excluding diaryl/α,β-unsaturated/α-hetero) is 1. The Labute approximate surface area is 165 Å². The monoisotopic (exact) mass is 392 g/mol. The van der Waals surface area contributed by atoms with E-state index in [2.05, 4.69) is 9.59 Å². The summed E-state index contributed by atoms with van der Waals surface area (Å²) in [5, 5.41) is 14.9. The van der Waals surface area contributed by atoms with Gasteiger partial charge in [-0.25, -0.2) is 4.79 Å². The molecule has 2 aromatic heterocycles. The number of aromatic nitrogens is 3. The predicted molar refractivity (Wildman–Crippen MR) is 104 cm³/mol. The number of nitrogens with zero attached hydrogens (tertiary/aromatic N) is 4. The molecule has 0 saturated heterocycles. The highest BCUT2D eigenvalue weighted by atomic mass is 32.1. The number of esters is 1. The normalized spacial score (nSPS) is 11.1. The summed E-state index contributed by atoms with van der Waals surface area (Å²) in [6, 6.07) is 10.6. The van der Waals surface area contributed by atoms with Crippen molar-refractivity contribution in [3.8, 4) is 11.8 Å². The Kier molecular flexibility index (Phi) is 5.47. The van der Waals surface area contributed by atoms with E-state index >= 15 is 0 Å². The summed E-state index contributed by atoms with van der Waals surface area (Å²) in [6.07, 6.45) is 1.43. The van der Waals surface area contributed by atoms with Gasteiger partial charge >= 0.3 is 5.97 Å². The van der Waals surface area contributed by atoms with Crippen LogP contribution >= 0.6 is 11.5 Å². The Morgan fingerprint density at radius 1 is 1.25 bits per heavy atom. The molecule has 3 rings (SSSR count). The van der Waals surface area contributed by atoms with E-state index in [-0.39, 0.29) is 11.4 Å². The standard InChI is InChI=1S/C20H16N4O3S/c1-12-8-18(19(25)15(10-21)9-16-11-28-23-22-16)13(2)24(12)17-6-4-14(5-7-17)20(26)27-3/h4-9,11H,1-3H3/b15-9+. The predicted octanol–water partition coefficient (Wildman–Crippen LogP) is 3.52. The first-order chi connectivity index (χ1) is 13.5. The third kappa shape index (κ3) is 3.61. The quantitative estimate of drug-likeness (QED) is 0.285. The summed E-state index contributed by atoms with van der Waals surface area (Å²) < 4.78 is 10.3. The molecule has 0 aliphatic rings. The average Bonchev–Trinajstić information content (AvgIpc) is 3.32. The van der Waals surface area contributed by atoms with Gasteiger partial charge in [-0.15, -0.1) is 5.10 Å². The van der Waals surface area contributed by atoms with Crippen LogP contribution in [0, 0.1) is 25.2 Å². The van der Waals surface area contributed by atoms with E-state index < -0.39 is 5.97 Å². The highest BCUT2D eigenvalue weighted by Crippen LogP contribution is 2.24. The molecule has 0 spiro atoms. The third-order valence-electron chi connectivity index (χ3n) is 4.26. The first-order valence-corrected chi connectivity index (χ1v) is 9.11. The number of ketones is 1. The van der Waals surface area contributed by atoms with Gasteiger partial charge in [0.1, 0.15) is 11.6 Å². The second kappa shape index (κ2) is 7.98. The van der Waals surface area contributed by atoms with Crippen LogP contribution in [0.15, 0.2) is 41.3 Å². The van der Waals surface area contributed by atoms with Crippen molar-refractivity contribution in [2.45, 2.75) is 13.8 Å². The largest absolute Gasteiger partial charge is 0.465 e. The maximum atomic E-state index is 12.9. The molecule has 0 bridgehead atoms. The number of nitriles is 1. The van der Waals surface area contributed by atoms with E-state index in [0.29, 0.717) is 22.5 Å². The van der Waals surface area contributed by atoms with E-state index in [1.165, 1.54) is 13.2 Å². The van der Waals surface area contributed by atoms with E-state index in [1.54, 1.807) is 35.7 Å². The minimum atomic E-state index is -0.413. The zero-order valence-electron chi connectivity index (χ0n) is 15.5. The molecule has 1 aromatic carbocycles. The molecule has 0 N–H and O–H groups in total. The van der Waals surface area contributed by atoms with Crippen LogP contribution in [0.3, 0.4) is 0 Å². The molecule has 28 heavy (non-hydrogen) atoms. The molecule has 0 aliphatic heterocycles. The fraction of sp³-hybridized carbons (Fsp3) is 0.150. The van der Waals surface area contributed by atoms with Gasteiger partial charge < -0.3 is 9.30 Å². The van der Waals surface area contributed by atoms with Crippen LogP contribution in [0.4, 0.5) is 0 Å². The fourth-order valence-corrected chi connectivity index (χ4v) is 3.34. The lowest BCUT2D eigenvalue weighted by Gasteiger charge is -2.10. The van der Waals surface area contributed by atoms with Crippen LogP contribution in [-0.4, -0.2) is 33.0 Å². The van der Waals surface area contributed by atoms with Gasteiger partial charge in [0.25, 0.3) is 0 Å². The van der Waals surface area contributed by atoms with Crippen LogP contribution in [0.25, 0.3) is 11.8 Å². The molecular weight excluding hydrogens is 376 g/mol. The van der Waals surface area contributed by atoms with Crippen molar-refractivity contribution in [1.82, 2.24) is 14.2 Å². The SMILES string of the molecule is COC(=O)c1ccc(-n2c(C)cc(C(=O)/C(C#N)=C/c3csnn3)c2C)cc1.